The number of nitrogens with two attached hydrogens (primary N) is 1. The van der Waals surface area contributed by atoms with Crippen LogP contribution in [0.2, 0.25) is 0 Å². The van der Waals surface area contributed by atoms with Crippen LogP contribution < -0.4 is 17.0 Å². The molecule has 0 radical (unpaired) electrons. The fraction of sp³-hybridized carbons (Fsp3) is 0.182. The van der Waals surface area contributed by atoms with Gasteiger partial charge in [-0.3, -0.25) is 14.2 Å². The van der Waals surface area contributed by atoms with E-state index in [1.165, 1.54) is 16.7 Å². The number of hydrogen-bond acceptors (Lipinski definition) is 4. The van der Waals surface area contributed by atoms with Gasteiger partial charge >= 0.3 is 5.69 Å². The summed E-state index contributed by atoms with van der Waals surface area (Å²) in [6.45, 7) is 5.27. The van der Waals surface area contributed by atoms with Crippen LogP contribution >= 0.6 is 0 Å². The minimum absolute atomic E-state index is 0.0974. The quantitative estimate of drug-likeness (QED) is 0.332. The lowest BCUT2D eigenvalue weighted by Crippen LogP contribution is -2.38. The summed E-state index contributed by atoms with van der Waals surface area (Å²) in [5.74, 6) is -1.10. The molecule has 1 aliphatic rings. The summed E-state index contributed by atoms with van der Waals surface area (Å²) in [7, 11) is 1.55. The fourth-order valence-corrected chi connectivity index (χ4v) is 5.95. The maximum Gasteiger partial charge on any atom is 0.335 e. The van der Waals surface area contributed by atoms with E-state index >= 15 is 0 Å². The van der Waals surface area contributed by atoms with Crippen molar-refractivity contribution >= 4 is 16.8 Å². The highest BCUT2D eigenvalue weighted by atomic mass is 19.1. The number of primary amides is 1. The van der Waals surface area contributed by atoms with E-state index in [2.05, 4.69) is 0 Å². The molecule has 1 heterocycles. The second-order valence-corrected chi connectivity index (χ2v) is 11.1. The molecular weight excluding hydrogens is 521 g/mol. The van der Waals surface area contributed by atoms with E-state index < -0.39 is 28.6 Å². The Morgan fingerprint density at radius 2 is 1.71 bits per heavy atom. The first-order valence-electron chi connectivity index (χ1n) is 13.2. The summed E-state index contributed by atoms with van der Waals surface area (Å²) in [6.07, 6.45) is 0.468. The van der Waals surface area contributed by atoms with Gasteiger partial charge in [0.15, 0.2) is 0 Å². The number of nitrogens with zero attached hydrogens (tertiary/aromatic N) is 2. The summed E-state index contributed by atoms with van der Waals surface area (Å²) in [5.41, 5.74) is 11.2. The standard InChI is InChI=1S/C33H28FN3O4/c1-17-21(6-5-7-27(17)37-31(39)26-16-20(34)9-13-28(26)36(4)32(37)40)23-11-12-24(30(35)38)25-15-18-14-19(33(2,3)41)8-10-22(18)29(23)25/h5-14,16,41H,15H2,1-4H3,(H2,35,38). The van der Waals surface area contributed by atoms with Crippen LogP contribution in [0.1, 0.15) is 46.5 Å². The highest BCUT2D eigenvalue weighted by Crippen LogP contribution is 2.46. The highest BCUT2D eigenvalue weighted by Gasteiger charge is 2.29. The molecule has 0 aliphatic heterocycles. The van der Waals surface area contributed by atoms with Crippen molar-refractivity contribution in [3.05, 3.63) is 121 Å². The van der Waals surface area contributed by atoms with Gasteiger partial charge in [0.2, 0.25) is 5.91 Å². The summed E-state index contributed by atoms with van der Waals surface area (Å²) < 4.78 is 16.5. The molecular formula is C33H28FN3O4. The predicted molar refractivity (Wildman–Crippen MR) is 157 cm³/mol. The van der Waals surface area contributed by atoms with Gasteiger partial charge in [0.1, 0.15) is 5.82 Å². The van der Waals surface area contributed by atoms with Crippen molar-refractivity contribution in [2.24, 2.45) is 12.8 Å². The van der Waals surface area contributed by atoms with Crippen LogP contribution in [0.3, 0.4) is 0 Å². The van der Waals surface area contributed by atoms with E-state index in [9.17, 15) is 23.9 Å². The highest BCUT2D eigenvalue weighted by molar-refractivity contribution is 6.02. The van der Waals surface area contributed by atoms with Gasteiger partial charge in [-0.15, -0.1) is 0 Å². The lowest BCUT2D eigenvalue weighted by Gasteiger charge is -2.19. The zero-order valence-corrected chi connectivity index (χ0v) is 23.1. The first-order valence-corrected chi connectivity index (χ1v) is 13.2. The van der Waals surface area contributed by atoms with Crippen molar-refractivity contribution in [3.63, 3.8) is 0 Å². The van der Waals surface area contributed by atoms with Crippen molar-refractivity contribution in [3.8, 4) is 27.9 Å². The second kappa shape index (κ2) is 9.11. The molecule has 1 aromatic heterocycles. The normalized spacial score (nSPS) is 12.4. The predicted octanol–water partition coefficient (Wildman–Crippen LogP) is 4.70. The Kier molecular flexibility index (Phi) is 5.86. The molecule has 6 rings (SSSR count). The van der Waals surface area contributed by atoms with E-state index in [0.717, 1.165) is 49.6 Å². The number of aryl methyl sites for hydroxylation is 1. The molecule has 3 N–H and O–H groups in total. The van der Waals surface area contributed by atoms with Gasteiger partial charge in [-0.1, -0.05) is 36.4 Å². The molecule has 0 unspecified atom stereocenters. The smallest absolute Gasteiger partial charge is 0.335 e. The minimum Gasteiger partial charge on any atom is -0.386 e. The van der Waals surface area contributed by atoms with Crippen LogP contribution in [0, 0.1) is 12.7 Å². The molecule has 0 saturated heterocycles. The fourth-order valence-electron chi connectivity index (χ4n) is 5.95. The first-order chi connectivity index (χ1) is 19.4. The van der Waals surface area contributed by atoms with Gasteiger partial charge in [0.25, 0.3) is 5.56 Å². The van der Waals surface area contributed by atoms with Crippen molar-refractivity contribution < 1.29 is 14.3 Å². The van der Waals surface area contributed by atoms with Gasteiger partial charge in [-0.2, -0.15) is 0 Å². The molecule has 206 valence electrons. The van der Waals surface area contributed by atoms with Crippen molar-refractivity contribution in [1.29, 1.82) is 0 Å². The third-order valence-corrected chi connectivity index (χ3v) is 8.09. The SMILES string of the molecule is Cc1c(-c2ccc(C(N)=O)c3c2-c2ccc(C(C)(C)O)cc2C3)cccc1-n1c(=O)c2cc(F)ccc2n(C)c1=O. The number of fused-ring (bicyclic) bond motifs is 4. The molecule has 0 saturated carbocycles. The average molecular weight is 550 g/mol. The molecule has 0 atom stereocenters. The Morgan fingerprint density at radius 3 is 2.41 bits per heavy atom. The molecule has 5 aromatic rings. The zero-order chi connectivity index (χ0) is 29.4. The monoisotopic (exact) mass is 549 g/mol. The number of carbonyl (C=O) groups excluding carboxylic acids is 1. The summed E-state index contributed by atoms with van der Waals surface area (Å²) in [4.78, 5) is 39.4. The molecule has 0 fully saturated rings. The number of halogens is 1. The number of rotatable bonds is 4. The number of carbonyl (C=O) groups is 1. The molecule has 7 nitrogen and oxygen atoms in total. The van der Waals surface area contributed by atoms with E-state index in [0.29, 0.717) is 28.8 Å². The minimum atomic E-state index is -1.04. The number of hydrogen-bond donors (Lipinski definition) is 2. The van der Waals surface area contributed by atoms with Gasteiger partial charge in [0.05, 0.1) is 22.2 Å². The molecule has 0 spiro atoms. The summed E-state index contributed by atoms with van der Waals surface area (Å²) >= 11 is 0. The van der Waals surface area contributed by atoms with E-state index in [-0.39, 0.29) is 5.39 Å². The number of aliphatic hydroxyl groups is 1. The Morgan fingerprint density at radius 1 is 0.976 bits per heavy atom. The van der Waals surface area contributed by atoms with Gasteiger partial charge in [0, 0.05) is 12.6 Å². The van der Waals surface area contributed by atoms with E-state index in [1.807, 2.05) is 37.3 Å². The van der Waals surface area contributed by atoms with Crippen LogP contribution in [0.15, 0.2) is 76.3 Å². The number of aromatic nitrogens is 2. The van der Waals surface area contributed by atoms with Crippen molar-refractivity contribution in [2.75, 3.05) is 0 Å². The first kappa shape index (κ1) is 26.4. The Bertz CT molecular complexity index is 2070. The Hall–Kier alpha value is -4.82. The topological polar surface area (TPSA) is 107 Å². The van der Waals surface area contributed by atoms with Crippen LogP contribution in [0.25, 0.3) is 38.8 Å². The lowest BCUT2D eigenvalue weighted by atomic mass is 9.88. The van der Waals surface area contributed by atoms with Crippen LogP contribution in [0.5, 0.6) is 0 Å². The molecule has 1 aliphatic carbocycles. The lowest BCUT2D eigenvalue weighted by molar-refractivity contribution is 0.0785. The largest absolute Gasteiger partial charge is 0.386 e. The number of amides is 1. The van der Waals surface area contributed by atoms with E-state index in [1.54, 1.807) is 39.1 Å². The number of benzene rings is 4. The zero-order valence-electron chi connectivity index (χ0n) is 23.1. The van der Waals surface area contributed by atoms with Crippen molar-refractivity contribution in [2.45, 2.75) is 32.8 Å². The molecule has 4 aromatic carbocycles. The summed E-state index contributed by atoms with van der Waals surface area (Å²) in [5, 5.41) is 10.7. The van der Waals surface area contributed by atoms with Crippen LogP contribution in [-0.4, -0.2) is 20.1 Å². The molecule has 41 heavy (non-hydrogen) atoms. The third kappa shape index (κ3) is 4.02. The second-order valence-electron chi connectivity index (χ2n) is 11.1. The summed E-state index contributed by atoms with van der Waals surface area (Å²) in [6, 6.07) is 18.4. The Labute approximate surface area is 234 Å². The average Bonchev–Trinajstić information content (AvgIpc) is 3.31. The van der Waals surface area contributed by atoms with Gasteiger partial charge in [-0.25, -0.2) is 13.8 Å². The van der Waals surface area contributed by atoms with E-state index in [4.69, 9.17) is 5.73 Å². The Balaban J connectivity index is 1.62. The van der Waals surface area contributed by atoms with Crippen LogP contribution in [0.4, 0.5) is 4.39 Å². The van der Waals surface area contributed by atoms with Crippen LogP contribution in [-0.2, 0) is 19.1 Å². The maximum absolute atomic E-state index is 14.1. The molecule has 1 amide bonds. The van der Waals surface area contributed by atoms with Crippen molar-refractivity contribution in [1.82, 2.24) is 9.13 Å². The molecule has 0 bridgehead atoms. The molecule has 8 heteroatoms. The maximum atomic E-state index is 14.1. The third-order valence-electron chi connectivity index (χ3n) is 8.09. The van der Waals surface area contributed by atoms with Gasteiger partial charge in [-0.05, 0) is 102 Å². The van der Waals surface area contributed by atoms with Gasteiger partial charge < -0.3 is 10.8 Å².